The van der Waals surface area contributed by atoms with Crippen molar-refractivity contribution >= 4 is 32.5 Å². The number of aryl methyl sites for hydroxylation is 1. The number of carbonyl (C=O) groups excluding carboxylic acids is 1. The summed E-state index contributed by atoms with van der Waals surface area (Å²) in [6, 6.07) is 13.8. The molecule has 0 fully saturated rings. The average molecular weight is 401 g/mol. The molecule has 2 aromatic carbocycles. The van der Waals surface area contributed by atoms with E-state index in [0.717, 1.165) is 10.8 Å². The Morgan fingerprint density at radius 2 is 1.89 bits per heavy atom. The predicted molar refractivity (Wildman–Crippen MR) is 107 cm³/mol. The van der Waals surface area contributed by atoms with Crippen molar-refractivity contribution in [2.45, 2.75) is 38.1 Å². The van der Waals surface area contributed by atoms with Gasteiger partial charge in [0.1, 0.15) is 5.76 Å². The molecule has 0 aliphatic rings. The Kier molecular flexibility index (Phi) is 5.81. The molecule has 7 nitrogen and oxygen atoms in total. The van der Waals surface area contributed by atoms with Crippen LogP contribution in [0.25, 0.3) is 10.8 Å². The fourth-order valence-electron chi connectivity index (χ4n) is 2.89. The Morgan fingerprint density at radius 1 is 1.18 bits per heavy atom. The maximum Gasteiger partial charge on any atom is 0.243 e. The molecule has 0 aliphatic heterocycles. The fraction of sp³-hybridized carbons (Fsp3) is 0.300. The first-order valence-corrected chi connectivity index (χ1v) is 10.5. The second-order valence-corrected chi connectivity index (χ2v) is 8.58. The van der Waals surface area contributed by atoms with E-state index in [1.807, 2.05) is 31.2 Å². The number of fused-ring (bicyclic) bond motifs is 1. The van der Waals surface area contributed by atoms with Crippen LogP contribution in [0.1, 0.15) is 26.0 Å². The van der Waals surface area contributed by atoms with Crippen molar-refractivity contribution in [3.8, 4) is 0 Å². The van der Waals surface area contributed by atoms with Crippen molar-refractivity contribution < 1.29 is 17.7 Å². The zero-order valence-electron chi connectivity index (χ0n) is 16.0. The summed E-state index contributed by atoms with van der Waals surface area (Å²) in [5.41, 5.74) is 0. The van der Waals surface area contributed by atoms with Gasteiger partial charge in [0.2, 0.25) is 15.9 Å². The molecule has 1 amide bonds. The SMILES string of the molecule is CCC(C)N(CC(=O)Nc1cc(C)on1)S(=O)(=O)c1ccc2ccccc2c1. The molecule has 0 bridgehead atoms. The number of carbonyl (C=O) groups is 1. The maximum atomic E-state index is 13.3. The second-order valence-electron chi connectivity index (χ2n) is 6.69. The molecule has 28 heavy (non-hydrogen) atoms. The van der Waals surface area contributed by atoms with E-state index >= 15 is 0 Å². The van der Waals surface area contributed by atoms with E-state index in [4.69, 9.17) is 4.52 Å². The quantitative estimate of drug-likeness (QED) is 0.653. The van der Waals surface area contributed by atoms with Crippen LogP contribution in [0.15, 0.2) is 57.9 Å². The Balaban J connectivity index is 1.89. The van der Waals surface area contributed by atoms with Crippen LogP contribution in [0.2, 0.25) is 0 Å². The smallest absolute Gasteiger partial charge is 0.243 e. The van der Waals surface area contributed by atoms with Crippen LogP contribution in [0.5, 0.6) is 0 Å². The molecule has 0 aliphatic carbocycles. The van der Waals surface area contributed by atoms with Crippen LogP contribution in [-0.4, -0.2) is 36.4 Å². The third-order valence-electron chi connectivity index (χ3n) is 4.60. The minimum atomic E-state index is -3.86. The van der Waals surface area contributed by atoms with Crippen LogP contribution >= 0.6 is 0 Å². The number of anilines is 1. The number of hydrogen-bond acceptors (Lipinski definition) is 5. The molecule has 1 heterocycles. The highest BCUT2D eigenvalue weighted by Gasteiger charge is 2.30. The van der Waals surface area contributed by atoms with E-state index in [0.29, 0.717) is 12.2 Å². The van der Waals surface area contributed by atoms with Crippen molar-refractivity contribution in [2.24, 2.45) is 0 Å². The summed E-state index contributed by atoms with van der Waals surface area (Å²) in [5.74, 6) is 0.338. The molecule has 3 rings (SSSR count). The van der Waals surface area contributed by atoms with Crippen molar-refractivity contribution in [3.05, 3.63) is 54.3 Å². The minimum Gasteiger partial charge on any atom is -0.360 e. The van der Waals surface area contributed by atoms with Gasteiger partial charge in [0.15, 0.2) is 5.82 Å². The third kappa shape index (κ3) is 4.23. The molecular weight excluding hydrogens is 378 g/mol. The van der Waals surface area contributed by atoms with Crippen LogP contribution in [-0.2, 0) is 14.8 Å². The van der Waals surface area contributed by atoms with Crippen LogP contribution in [0, 0.1) is 6.92 Å². The fourth-order valence-corrected chi connectivity index (χ4v) is 4.59. The summed E-state index contributed by atoms with van der Waals surface area (Å²) in [4.78, 5) is 12.6. The number of hydrogen-bond donors (Lipinski definition) is 1. The molecular formula is C20H23N3O4S. The van der Waals surface area contributed by atoms with Gasteiger partial charge in [-0.1, -0.05) is 42.4 Å². The zero-order valence-corrected chi connectivity index (χ0v) is 16.9. The van der Waals surface area contributed by atoms with Crippen molar-refractivity contribution in [2.75, 3.05) is 11.9 Å². The topological polar surface area (TPSA) is 92.5 Å². The number of benzene rings is 2. The minimum absolute atomic E-state index is 0.164. The Bertz CT molecular complexity index is 1090. The number of sulfonamides is 1. The average Bonchev–Trinajstić information content (AvgIpc) is 3.09. The largest absolute Gasteiger partial charge is 0.360 e. The Labute approximate surface area is 164 Å². The molecule has 0 radical (unpaired) electrons. The van der Waals surface area contributed by atoms with E-state index < -0.39 is 15.9 Å². The molecule has 1 atom stereocenters. The predicted octanol–water partition coefficient (Wildman–Crippen LogP) is 3.56. The van der Waals surface area contributed by atoms with Crippen molar-refractivity contribution in [3.63, 3.8) is 0 Å². The van der Waals surface area contributed by atoms with Gasteiger partial charge < -0.3 is 9.84 Å². The van der Waals surface area contributed by atoms with E-state index in [-0.39, 0.29) is 23.3 Å². The van der Waals surface area contributed by atoms with Crippen LogP contribution in [0.4, 0.5) is 5.82 Å². The third-order valence-corrected chi connectivity index (χ3v) is 6.56. The van der Waals surface area contributed by atoms with Crippen molar-refractivity contribution in [1.82, 2.24) is 9.46 Å². The van der Waals surface area contributed by atoms with Crippen LogP contribution in [0.3, 0.4) is 0 Å². The lowest BCUT2D eigenvalue weighted by atomic mass is 10.1. The van der Waals surface area contributed by atoms with Crippen LogP contribution < -0.4 is 5.32 Å². The summed E-state index contributed by atoms with van der Waals surface area (Å²) in [7, 11) is -3.86. The zero-order chi connectivity index (χ0) is 20.3. The number of nitrogens with zero attached hydrogens (tertiary/aromatic N) is 2. The van der Waals surface area contributed by atoms with Gasteiger partial charge in [-0.25, -0.2) is 8.42 Å². The lowest BCUT2D eigenvalue weighted by Gasteiger charge is -2.27. The first-order chi connectivity index (χ1) is 13.3. The molecule has 8 heteroatoms. The molecule has 0 saturated carbocycles. The molecule has 0 saturated heterocycles. The number of amides is 1. The van der Waals surface area contributed by atoms with E-state index in [9.17, 15) is 13.2 Å². The molecule has 0 spiro atoms. The number of nitrogens with one attached hydrogen (secondary N) is 1. The molecule has 148 valence electrons. The van der Waals surface area contributed by atoms with E-state index in [1.165, 1.54) is 4.31 Å². The summed E-state index contributed by atoms with van der Waals surface area (Å²) in [6.07, 6.45) is 0.573. The highest BCUT2D eigenvalue weighted by Crippen LogP contribution is 2.24. The standard InChI is InChI=1S/C20H23N3O4S/c1-4-14(2)23(13-20(24)21-19-11-15(3)27-22-19)28(25,26)18-10-9-16-7-5-6-8-17(16)12-18/h5-12,14H,4,13H2,1-3H3,(H,21,22,24). The van der Waals surface area contributed by atoms with Gasteiger partial charge in [0, 0.05) is 12.1 Å². The van der Waals surface area contributed by atoms with Crippen molar-refractivity contribution in [1.29, 1.82) is 0 Å². The number of rotatable bonds is 7. The highest BCUT2D eigenvalue weighted by molar-refractivity contribution is 7.89. The lowest BCUT2D eigenvalue weighted by molar-refractivity contribution is -0.116. The van der Waals surface area contributed by atoms with Gasteiger partial charge >= 0.3 is 0 Å². The van der Waals surface area contributed by atoms with Gasteiger partial charge in [-0.05, 0) is 43.2 Å². The second kappa shape index (κ2) is 8.12. The van der Waals surface area contributed by atoms with Gasteiger partial charge in [-0.2, -0.15) is 4.31 Å². The van der Waals surface area contributed by atoms with Gasteiger partial charge in [0.25, 0.3) is 0 Å². The van der Waals surface area contributed by atoms with E-state index in [2.05, 4.69) is 10.5 Å². The highest BCUT2D eigenvalue weighted by atomic mass is 32.2. The molecule has 1 aromatic heterocycles. The summed E-state index contributed by atoms with van der Waals surface area (Å²) in [5, 5.41) is 8.07. The van der Waals surface area contributed by atoms with Gasteiger partial charge in [-0.15, -0.1) is 0 Å². The molecule has 1 N–H and O–H groups in total. The summed E-state index contributed by atoms with van der Waals surface area (Å²) < 4.78 is 32.7. The summed E-state index contributed by atoms with van der Waals surface area (Å²) >= 11 is 0. The Morgan fingerprint density at radius 3 is 2.54 bits per heavy atom. The maximum absolute atomic E-state index is 13.3. The monoisotopic (exact) mass is 401 g/mol. The first-order valence-electron chi connectivity index (χ1n) is 9.05. The Hall–Kier alpha value is -2.71. The number of aromatic nitrogens is 1. The summed E-state index contributed by atoms with van der Waals surface area (Å²) in [6.45, 7) is 5.06. The first kappa shape index (κ1) is 20.0. The normalized spacial score (nSPS) is 13.0. The van der Waals surface area contributed by atoms with E-state index in [1.54, 1.807) is 38.1 Å². The molecule has 1 unspecified atom stereocenters. The lowest BCUT2D eigenvalue weighted by Crippen LogP contribution is -2.43. The molecule has 3 aromatic rings. The van der Waals surface area contributed by atoms with Gasteiger partial charge in [0.05, 0.1) is 11.4 Å². The van der Waals surface area contributed by atoms with Gasteiger partial charge in [-0.3, -0.25) is 4.79 Å².